The molecule has 8 heteroatoms. The van der Waals surface area contributed by atoms with Gasteiger partial charge in [-0.05, 0) is 49.1 Å². The predicted molar refractivity (Wildman–Crippen MR) is 97.3 cm³/mol. The van der Waals surface area contributed by atoms with Crippen molar-refractivity contribution in [3.05, 3.63) is 59.4 Å². The molecule has 1 aliphatic heterocycles. The van der Waals surface area contributed by atoms with Gasteiger partial charge in [0.2, 0.25) is 10.0 Å². The number of benzene rings is 1. The quantitative estimate of drug-likeness (QED) is 0.867. The van der Waals surface area contributed by atoms with Crippen molar-refractivity contribution in [2.45, 2.75) is 29.8 Å². The molecule has 2 heterocycles. The van der Waals surface area contributed by atoms with Gasteiger partial charge >= 0.3 is 0 Å². The molecule has 1 aliphatic carbocycles. The number of hydrogen-bond donors (Lipinski definition) is 1. The lowest BCUT2D eigenvalue weighted by Gasteiger charge is -2.32. The third kappa shape index (κ3) is 3.22. The Labute approximate surface area is 157 Å². The molecule has 26 heavy (non-hydrogen) atoms. The molecule has 1 aromatic heterocycles. The van der Waals surface area contributed by atoms with E-state index in [0.29, 0.717) is 23.6 Å². The number of hydrogen-bond acceptors (Lipinski definition) is 4. The molecule has 0 spiro atoms. The van der Waals surface area contributed by atoms with Crippen LogP contribution in [0.5, 0.6) is 0 Å². The van der Waals surface area contributed by atoms with Gasteiger partial charge in [0.25, 0.3) is 5.91 Å². The minimum absolute atomic E-state index is 0.0476. The van der Waals surface area contributed by atoms with E-state index in [0.717, 1.165) is 6.42 Å². The summed E-state index contributed by atoms with van der Waals surface area (Å²) in [5.74, 6) is 0.0724. The fourth-order valence-corrected chi connectivity index (χ4v) is 5.38. The third-order valence-corrected chi connectivity index (χ3v) is 6.84. The number of fused-ring (bicyclic) bond motifs is 2. The smallest absolute Gasteiger partial charge is 0.254 e. The van der Waals surface area contributed by atoms with Crippen LogP contribution < -0.4 is 4.72 Å². The van der Waals surface area contributed by atoms with Crippen LogP contribution in [0.15, 0.2) is 53.7 Å². The van der Waals surface area contributed by atoms with Gasteiger partial charge in [0.1, 0.15) is 4.90 Å². The van der Waals surface area contributed by atoms with E-state index in [1.54, 1.807) is 30.3 Å². The number of pyridine rings is 1. The number of halogens is 1. The van der Waals surface area contributed by atoms with Gasteiger partial charge in [-0.3, -0.25) is 9.78 Å². The number of piperidine rings is 1. The molecule has 2 bridgehead atoms. The number of carbonyl (C=O) groups is 1. The second-order valence-electron chi connectivity index (χ2n) is 6.77. The zero-order valence-electron chi connectivity index (χ0n) is 13.9. The lowest BCUT2D eigenvalue weighted by Crippen LogP contribution is -2.47. The van der Waals surface area contributed by atoms with Crippen LogP contribution in [0.4, 0.5) is 0 Å². The van der Waals surface area contributed by atoms with Crippen LogP contribution >= 0.6 is 11.6 Å². The Morgan fingerprint density at radius 2 is 2.08 bits per heavy atom. The van der Waals surface area contributed by atoms with E-state index < -0.39 is 10.0 Å². The van der Waals surface area contributed by atoms with Gasteiger partial charge in [-0.1, -0.05) is 17.7 Å². The van der Waals surface area contributed by atoms with E-state index in [4.69, 9.17) is 11.6 Å². The summed E-state index contributed by atoms with van der Waals surface area (Å²) in [5.41, 5.74) is 0.567. The molecular formula is C18H18ClN3O3S. The van der Waals surface area contributed by atoms with Crippen LogP contribution in [-0.2, 0) is 10.0 Å². The molecule has 1 saturated heterocycles. The summed E-state index contributed by atoms with van der Waals surface area (Å²) in [6.07, 6.45) is 4.31. The normalized spacial score (nSPS) is 24.8. The first kappa shape index (κ1) is 17.5. The number of carbonyl (C=O) groups excluding carboxylic acids is 1. The Morgan fingerprint density at radius 3 is 2.73 bits per heavy atom. The predicted octanol–water partition coefficient (Wildman–Crippen LogP) is 2.32. The Morgan fingerprint density at radius 1 is 1.23 bits per heavy atom. The lowest BCUT2D eigenvalue weighted by molar-refractivity contribution is 0.0691. The summed E-state index contributed by atoms with van der Waals surface area (Å²) in [6, 6.07) is 9.92. The lowest BCUT2D eigenvalue weighted by atomic mass is 10.0. The van der Waals surface area contributed by atoms with Gasteiger partial charge in [0, 0.05) is 41.6 Å². The number of nitrogens with zero attached hydrogens (tertiary/aromatic N) is 2. The Hall–Kier alpha value is -1.96. The maximum absolute atomic E-state index is 12.7. The molecule has 1 N–H and O–H groups in total. The average molecular weight is 392 g/mol. The average Bonchev–Trinajstić information content (AvgIpc) is 3.21. The van der Waals surface area contributed by atoms with Crippen molar-refractivity contribution >= 4 is 27.5 Å². The molecule has 3 atom stereocenters. The molecule has 1 saturated carbocycles. The van der Waals surface area contributed by atoms with E-state index in [1.165, 1.54) is 18.5 Å². The molecule has 0 unspecified atom stereocenters. The number of rotatable bonds is 4. The van der Waals surface area contributed by atoms with E-state index in [1.807, 2.05) is 4.90 Å². The standard InChI is InChI=1S/C18H18ClN3O3S/c19-14-4-1-3-12(7-14)18(23)22-11-13-8-15(22)9-17(13)21-26(24,25)16-5-2-6-20-10-16/h1-7,10,13,15,17,21H,8-9,11H2/t13-,15-,17-/m0/s1. The molecule has 6 nitrogen and oxygen atoms in total. The summed E-state index contributed by atoms with van der Waals surface area (Å²) in [4.78, 5) is 18.6. The van der Waals surface area contributed by atoms with Crippen molar-refractivity contribution in [1.29, 1.82) is 0 Å². The molecule has 4 rings (SSSR count). The second-order valence-corrected chi connectivity index (χ2v) is 8.92. The van der Waals surface area contributed by atoms with E-state index in [-0.39, 0.29) is 28.8 Å². The van der Waals surface area contributed by atoms with Crippen LogP contribution in [0, 0.1) is 5.92 Å². The number of likely N-dealkylation sites (tertiary alicyclic amines) is 1. The van der Waals surface area contributed by atoms with Gasteiger partial charge in [-0.25, -0.2) is 13.1 Å². The molecule has 1 amide bonds. The van der Waals surface area contributed by atoms with Gasteiger partial charge in [0.05, 0.1) is 0 Å². The second kappa shape index (κ2) is 6.64. The first-order chi connectivity index (χ1) is 12.4. The van der Waals surface area contributed by atoms with Crippen LogP contribution in [-0.4, -0.2) is 42.8 Å². The highest BCUT2D eigenvalue weighted by Crippen LogP contribution is 2.39. The summed E-state index contributed by atoms with van der Waals surface area (Å²) in [6.45, 7) is 0.552. The fourth-order valence-electron chi connectivity index (χ4n) is 3.91. The number of sulfonamides is 1. The zero-order chi connectivity index (χ0) is 18.3. The topological polar surface area (TPSA) is 79.4 Å². The Kier molecular flexibility index (Phi) is 4.46. The van der Waals surface area contributed by atoms with E-state index >= 15 is 0 Å². The van der Waals surface area contributed by atoms with Gasteiger partial charge in [-0.2, -0.15) is 0 Å². The van der Waals surface area contributed by atoms with Gasteiger partial charge in [0.15, 0.2) is 0 Å². The maximum Gasteiger partial charge on any atom is 0.254 e. The van der Waals surface area contributed by atoms with Crippen molar-refractivity contribution in [1.82, 2.24) is 14.6 Å². The van der Waals surface area contributed by atoms with E-state index in [2.05, 4.69) is 9.71 Å². The summed E-state index contributed by atoms with van der Waals surface area (Å²) >= 11 is 5.98. The molecule has 0 radical (unpaired) electrons. The van der Waals surface area contributed by atoms with Crippen molar-refractivity contribution in [2.24, 2.45) is 5.92 Å². The summed E-state index contributed by atoms with van der Waals surface area (Å²) in [7, 11) is -3.60. The summed E-state index contributed by atoms with van der Waals surface area (Å²) in [5, 5.41) is 0.530. The van der Waals surface area contributed by atoms with Crippen molar-refractivity contribution in [2.75, 3.05) is 6.54 Å². The van der Waals surface area contributed by atoms with Crippen LogP contribution in [0.3, 0.4) is 0 Å². The van der Waals surface area contributed by atoms with Gasteiger partial charge in [-0.15, -0.1) is 0 Å². The first-order valence-electron chi connectivity index (χ1n) is 8.43. The SMILES string of the molecule is O=C(c1cccc(Cl)c1)N1C[C@@H]2C[C@H]1C[C@@H]2NS(=O)(=O)c1cccnc1. The van der Waals surface area contributed by atoms with Crippen LogP contribution in [0.1, 0.15) is 23.2 Å². The fraction of sp³-hybridized carbons (Fsp3) is 0.333. The highest BCUT2D eigenvalue weighted by atomic mass is 35.5. The maximum atomic E-state index is 12.7. The molecule has 1 aromatic carbocycles. The zero-order valence-corrected chi connectivity index (χ0v) is 15.4. The van der Waals surface area contributed by atoms with Crippen molar-refractivity contribution in [3.63, 3.8) is 0 Å². The number of aromatic nitrogens is 1. The molecule has 2 aliphatic rings. The summed E-state index contributed by atoms with van der Waals surface area (Å²) < 4.78 is 27.8. The highest BCUT2D eigenvalue weighted by Gasteiger charge is 2.47. The molecular weight excluding hydrogens is 374 g/mol. The highest BCUT2D eigenvalue weighted by molar-refractivity contribution is 7.89. The van der Waals surface area contributed by atoms with Crippen LogP contribution in [0.25, 0.3) is 0 Å². The third-order valence-electron chi connectivity index (χ3n) is 5.13. The Bertz CT molecular complexity index is 936. The Balaban J connectivity index is 1.45. The largest absolute Gasteiger partial charge is 0.335 e. The van der Waals surface area contributed by atoms with E-state index in [9.17, 15) is 13.2 Å². The molecule has 2 fully saturated rings. The number of nitrogens with one attached hydrogen (secondary N) is 1. The monoisotopic (exact) mass is 391 g/mol. The van der Waals surface area contributed by atoms with Crippen LogP contribution in [0.2, 0.25) is 5.02 Å². The molecule has 2 aromatic rings. The first-order valence-corrected chi connectivity index (χ1v) is 10.3. The minimum Gasteiger partial charge on any atom is -0.335 e. The minimum atomic E-state index is -3.60. The van der Waals surface area contributed by atoms with Crippen molar-refractivity contribution < 1.29 is 13.2 Å². The van der Waals surface area contributed by atoms with Crippen molar-refractivity contribution in [3.8, 4) is 0 Å². The number of amides is 1. The molecule has 136 valence electrons. The van der Waals surface area contributed by atoms with Gasteiger partial charge < -0.3 is 4.90 Å².